The molecule has 0 bridgehead atoms. The number of hydrogen-bond acceptors (Lipinski definition) is 5. The van der Waals surface area contributed by atoms with Gasteiger partial charge in [0, 0.05) is 43.2 Å². The van der Waals surface area contributed by atoms with Gasteiger partial charge in [0.15, 0.2) is 0 Å². The lowest BCUT2D eigenvalue weighted by Crippen LogP contribution is -2.48. The molecule has 4 heterocycles. The van der Waals surface area contributed by atoms with E-state index in [4.69, 9.17) is 0 Å². The van der Waals surface area contributed by atoms with E-state index in [1.54, 1.807) is 5.57 Å². The van der Waals surface area contributed by atoms with Crippen molar-refractivity contribution in [3.63, 3.8) is 0 Å². The van der Waals surface area contributed by atoms with Crippen LogP contribution in [-0.2, 0) is 4.79 Å². The number of piperidine rings is 2. The van der Waals surface area contributed by atoms with Gasteiger partial charge >= 0.3 is 0 Å². The van der Waals surface area contributed by atoms with E-state index in [2.05, 4.69) is 35.5 Å². The SMILES string of the molecule is CC1NC(CCCCCCCCCCC2=CC(CCCCCCCCCCC3CCC(O)C(C)N3)C3CCC(=O)N3C2)CCC1O. The van der Waals surface area contributed by atoms with Crippen LogP contribution in [0, 0.1) is 5.92 Å². The standard InChI is InChI=1S/C40H73N3O3/c1-31-38(44)26-23-35(41-31)21-17-13-9-5-3-7-11-15-19-33-29-34(37-25-28-40(46)43(37)30-33)20-16-12-8-4-6-10-14-18-22-36-24-27-39(45)32(2)42-36/h29,31-32,34-39,41-42,44-45H,3-28,30H2,1-2H3. The van der Waals surface area contributed by atoms with Crippen LogP contribution in [0.3, 0.4) is 0 Å². The van der Waals surface area contributed by atoms with Crippen LogP contribution in [0.2, 0.25) is 0 Å². The third kappa shape index (κ3) is 13.2. The first-order valence-electron chi connectivity index (χ1n) is 20.3. The van der Waals surface area contributed by atoms with E-state index in [-0.39, 0.29) is 24.3 Å². The molecular weight excluding hydrogens is 570 g/mol. The number of aliphatic hydroxyl groups excluding tert-OH is 2. The Bertz CT molecular complexity index is 880. The molecule has 8 unspecified atom stereocenters. The summed E-state index contributed by atoms with van der Waals surface area (Å²) in [7, 11) is 0. The van der Waals surface area contributed by atoms with E-state index in [9.17, 15) is 15.0 Å². The van der Waals surface area contributed by atoms with Gasteiger partial charge < -0.3 is 25.7 Å². The van der Waals surface area contributed by atoms with Gasteiger partial charge in [-0.25, -0.2) is 0 Å². The average Bonchev–Trinajstić information content (AvgIpc) is 3.42. The fourth-order valence-electron chi connectivity index (χ4n) is 9.00. The highest BCUT2D eigenvalue weighted by Crippen LogP contribution is 2.35. The van der Waals surface area contributed by atoms with Crippen molar-refractivity contribution in [1.82, 2.24) is 15.5 Å². The highest BCUT2D eigenvalue weighted by molar-refractivity contribution is 5.79. The number of fused-ring (bicyclic) bond motifs is 1. The molecule has 0 aromatic carbocycles. The molecule has 3 saturated heterocycles. The van der Waals surface area contributed by atoms with Gasteiger partial charge in [0.05, 0.1) is 12.2 Å². The third-order valence-corrected chi connectivity index (χ3v) is 12.1. The number of unbranched alkanes of at least 4 members (excludes halogenated alkanes) is 14. The molecule has 4 N–H and O–H groups in total. The molecule has 0 radical (unpaired) electrons. The van der Waals surface area contributed by atoms with E-state index in [0.717, 1.165) is 45.1 Å². The van der Waals surface area contributed by atoms with Gasteiger partial charge in [-0.05, 0) is 84.0 Å². The van der Waals surface area contributed by atoms with Gasteiger partial charge in [-0.3, -0.25) is 4.79 Å². The van der Waals surface area contributed by atoms with E-state index in [0.29, 0.717) is 30.0 Å². The molecule has 4 rings (SSSR count). The number of rotatable bonds is 22. The Morgan fingerprint density at radius 3 is 1.59 bits per heavy atom. The molecule has 0 saturated carbocycles. The predicted molar refractivity (Wildman–Crippen MR) is 192 cm³/mol. The Hall–Kier alpha value is -0.950. The van der Waals surface area contributed by atoms with Crippen LogP contribution in [-0.4, -0.2) is 70.0 Å². The number of carbonyl (C=O) groups excluding carboxylic acids is 1. The minimum atomic E-state index is -0.158. The second-order valence-electron chi connectivity index (χ2n) is 16.0. The van der Waals surface area contributed by atoms with Gasteiger partial charge in [-0.15, -0.1) is 0 Å². The summed E-state index contributed by atoms with van der Waals surface area (Å²) in [6.45, 7) is 5.13. The first-order chi connectivity index (χ1) is 22.4. The zero-order chi connectivity index (χ0) is 32.6. The lowest BCUT2D eigenvalue weighted by molar-refractivity contribution is -0.129. The minimum Gasteiger partial charge on any atom is -0.392 e. The van der Waals surface area contributed by atoms with Gasteiger partial charge in [-0.2, -0.15) is 0 Å². The molecular formula is C40H73N3O3. The monoisotopic (exact) mass is 644 g/mol. The summed E-state index contributed by atoms with van der Waals surface area (Å²) < 4.78 is 0. The number of nitrogens with zero attached hydrogens (tertiary/aromatic N) is 1. The molecule has 4 aliphatic heterocycles. The molecule has 0 aliphatic carbocycles. The third-order valence-electron chi connectivity index (χ3n) is 12.1. The van der Waals surface area contributed by atoms with Crippen LogP contribution in [0.5, 0.6) is 0 Å². The Labute approximate surface area is 283 Å². The van der Waals surface area contributed by atoms with Crippen molar-refractivity contribution in [3.8, 4) is 0 Å². The zero-order valence-corrected chi connectivity index (χ0v) is 30.0. The lowest BCUT2D eigenvalue weighted by Gasteiger charge is -2.36. The second-order valence-corrected chi connectivity index (χ2v) is 16.0. The fraction of sp³-hybridized carbons (Fsp3) is 0.925. The summed E-state index contributed by atoms with van der Waals surface area (Å²) in [5.74, 6) is 0.989. The molecule has 0 spiro atoms. The largest absolute Gasteiger partial charge is 0.392 e. The molecule has 8 atom stereocenters. The molecule has 6 heteroatoms. The number of carbonyl (C=O) groups is 1. The van der Waals surface area contributed by atoms with Crippen LogP contribution < -0.4 is 10.6 Å². The molecule has 266 valence electrons. The minimum absolute atomic E-state index is 0.157. The highest BCUT2D eigenvalue weighted by atomic mass is 16.3. The number of aliphatic hydroxyl groups is 2. The van der Waals surface area contributed by atoms with E-state index in [1.165, 1.54) is 128 Å². The summed E-state index contributed by atoms with van der Waals surface area (Å²) >= 11 is 0. The van der Waals surface area contributed by atoms with Crippen LogP contribution in [0.15, 0.2) is 11.6 Å². The van der Waals surface area contributed by atoms with Gasteiger partial charge in [0.2, 0.25) is 5.91 Å². The van der Waals surface area contributed by atoms with E-state index in [1.807, 2.05) is 0 Å². The van der Waals surface area contributed by atoms with Crippen LogP contribution in [0.4, 0.5) is 0 Å². The van der Waals surface area contributed by atoms with Crippen molar-refractivity contribution in [2.24, 2.45) is 5.92 Å². The van der Waals surface area contributed by atoms with Crippen molar-refractivity contribution in [1.29, 1.82) is 0 Å². The number of nitrogens with one attached hydrogen (secondary N) is 2. The van der Waals surface area contributed by atoms with Crippen molar-refractivity contribution >= 4 is 5.91 Å². The normalized spacial score (nSPS) is 31.7. The maximum atomic E-state index is 12.7. The summed E-state index contributed by atoms with van der Waals surface area (Å²) in [6.07, 6.45) is 34.8. The Morgan fingerprint density at radius 1 is 0.630 bits per heavy atom. The summed E-state index contributed by atoms with van der Waals surface area (Å²) in [6, 6.07) is 2.21. The van der Waals surface area contributed by atoms with Crippen molar-refractivity contribution in [2.75, 3.05) is 6.54 Å². The average molecular weight is 644 g/mol. The van der Waals surface area contributed by atoms with E-state index < -0.39 is 0 Å². The first kappa shape index (κ1) is 37.9. The first-order valence-corrected chi connectivity index (χ1v) is 20.3. The zero-order valence-electron chi connectivity index (χ0n) is 30.0. The van der Waals surface area contributed by atoms with Crippen molar-refractivity contribution in [2.45, 2.75) is 223 Å². The Balaban J connectivity index is 0.988. The maximum absolute atomic E-state index is 12.7. The molecule has 1 amide bonds. The molecule has 0 aromatic rings. The van der Waals surface area contributed by atoms with Crippen LogP contribution in [0.25, 0.3) is 0 Å². The second kappa shape index (κ2) is 21.2. The summed E-state index contributed by atoms with van der Waals surface area (Å²) in [4.78, 5) is 14.9. The van der Waals surface area contributed by atoms with Crippen LogP contribution >= 0.6 is 0 Å². The molecule has 3 fully saturated rings. The highest BCUT2D eigenvalue weighted by Gasteiger charge is 2.38. The van der Waals surface area contributed by atoms with Crippen molar-refractivity contribution < 1.29 is 15.0 Å². The Morgan fingerprint density at radius 2 is 1.09 bits per heavy atom. The van der Waals surface area contributed by atoms with Gasteiger partial charge in [0.1, 0.15) is 0 Å². The summed E-state index contributed by atoms with van der Waals surface area (Å²) in [5, 5.41) is 26.9. The molecule has 6 nitrogen and oxygen atoms in total. The number of amides is 1. The molecule has 4 aliphatic rings. The predicted octanol–water partition coefficient (Wildman–Crippen LogP) is 8.34. The quantitative estimate of drug-likeness (QED) is 0.0704. The number of hydrogen-bond donors (Lipinski definition) is 4. The summed E-state index contributed by atoms with van der Waals surface area (Å²) in [5.41, 5.74) is 1.55. The lowest BCUT2D eigenvalue weighted by atomic mass is 9.85. The topological polar surface area (TPSA) is 84.8 Å². The van der Waals surface area contributed by atoms with Gasteiger partial charge in [-0.1, -0.05) is 108 Å². The smallest absolute Gasteiger partial charge is 0.223 e. The maximum Gasteiger partial charge on any atom is 0.223 e. The molecule has 0 aromatic heterocycles. The fourth-order valence-corrected chi connectivity index (χ4v) is 9.00. The Kier molecular flexibility index (Phi) is 17.5. The van der Waals surface area contributed by atoms with Crippen LogP contribution in [0.1, 0.15) is 181 Å². The van der Waals surface area contributed by atoms with Crippen molar-refractivity contribution in [3.05, 3.63) is 11.6 Å². The van der Waals surface area contributed by atoms with Gasteiger partial charge in [0.25, 0.3) is 0 Å². The van der Waals surface area contributed by atoms with E-state index >= 15 is 0 Å². The molecule has 46 heavy (non-hydrogen) atoms.